The van der Waals surface area contributed by atoms with Crippen molar-refractivity contribution in [3.63, 3.8) is 0 Å². The largest absolute Gasteiger partial charge is 0.405 e. The van der Waals surface area contributed by atoms with Crippen molar-refractivity contribution < 1.29 is 26.4 Å². The van der Waals surface area contributed by atoms with E-state index in [0.29, 0.717) is 11.0 Å². The van der Waals surface area contributed by atoms with Crippen LogP contribution in [0.2, 0.25) is 5.15 Å². The second-order valence-electron chi connectivity index (χ2n) is 5.78. The molecule has 0 aliphatic carbocycles. The summed E-state index contributed by atoms with van der Waals surface area (Å²) in [6, 6.07) is 11.2. The van der Waals surface area contributed by atoms with Crippen molar-refractivity contribution in [2.45, 2.75) is 11.1 Å². The monoisotopic (exact) mass is 444 g/mol. The van der Waals surface area contributed by atoms with Gasteiger partial charge in [0, 0.05) is 5.56 Å². The Bertz CT molecular complexity index is 1190. The number of fused-ring (bicyclic) bond motifs is 1. The number of sulfonamides is 1. The van der Waals surface area contributed by atoms with Crippen molar-refractivity contribution in [2.24, 2.45) is 0 Å². The van der Waals surface area contributed by atoms with Crippen LogP contribution in [0.3, 0.4) is 0 Å². The van der Waals surface area contributed by atoms with Gasteiger partial charge in [-0.2, -0.15) is 13.2 Å². The second kappa shape index (κ2) is 7.84. The third kappa shape index (κ3) is 5.12. The van der Waals surface area contributed by atoms with Crippen molar-refractivity contribution in [3.8, 4) is 0 Å². The Morgan fingerprint density at radius 1 is 1.03 bits per heavy atom. The summed E-state index contributed by atoms with van der Waals surface area (Å²) in [6.45, 7) is -1.54. The number of nitrogens with one attached hydrogen (secondary N) is 2. The van der Waals surface area contributed by atoms with Gasteiger partial charge in [-0.1, -0.05) is 29.8 Å². The predicted octanol–water partition coefficient (Wildman–Crippen LogP) is 3.38. The molecule has 1 amide bonds. The van der Waals surface area contributed by atoms with E-state index in [1.54, 1.807) is 29.6 Å². The topological polar surface area (TPSA) is 101 Å². The number of halogens is 4. The zero-order valence-electron chi connectivity index (χ0n) is 14.4. The molecule has 7 nitrogen and oxygen atoms in total. The predicted molar refractivity (Wildman–Crippen MR) is 100 cm³/mol. The average Bonchev–Trinajstić information content (AvgIpc) is 2.66. The molecular weight excluding hydrogens is 433 g/mol. The Morgan fingerprint density at radius 3 is 2.34 bits per heavy atom. The summed E-state index contributed by atoms with van der Waals surface area (Å²) in [4.78, 5) is 19.7. The molecule has 0 saturated heterocycles. The molecule has 0 aliphatic rings. The van der Waals surface area contributed by atoms with E-state index in [2.05, 4.69) is 14.7 Å². The highest BCUT2D eigenvalue weighted by molar-refractivity contribution is 7.92. The van der Waals surface area contributed by atoms with Gasteiger partial charge in [0.15, 0.2) is 11.0 Å². The third-order valence-electron chi connectivity index (χ3n) is 3.61. The van der Waals surface area contributed by atoms with E-state index in [0.717, 1.165) is 6.07 Å². The van der Waals surface area contributed by atoms with E-state index in [4.69, 9.17) is 11.6 Å². The molecule has 29 heavy (non-hydrogen) atoms. The van der Waals surface area contributed by atoms with Gasteiger partial charge in [0.05, 0.1) is 15.9 Å². The quantitative estimate of drug-likeness (QED) is 0.628. The number of rotatable bonds is 5. The first-order valence-corrected chi connectivity index (χ1v) is 9.81. The van der Waals surface area contributed by atoms with Crippen LogP contribution in [0.4, 0.5) is 19.0 Å². The molecule has 12 heteroatoms. The molecular formula is C17H12ClF3N4O3S. The number of hydrogen-bond donors (Lipinski definition) is 2. The molecule has 2 aromatic carbocycles. The van der Waals surface area contributed by atoms with Crippen LogP contribution in [0.1, 0.15) is 10.4 Å². The summed E-state index contributed by atoms with van der Waals surface area (Å²) in [5.74, 6) is -1.29. The number of nitrogens with zero attached hydrogens (tertiary/aromatic N) is 2. The number of carbonyl (C=O) groups excluding carboxylic acids is 1. The number of carbonyl (C=O) groups is 1. The number of amides is 1. The van der Waals surface area contributed by atoms with Crippen LogP contribution < -0.4 is 10.0 Å². The molecule has 2 N–H and O–H groups in total. The SMILES string of the molecule is O=C(NCC(F)(F)F)c1cccc(S(=O)(=O)Nc2nc3ccccc3nc2Cl)c1. The van der Waals surface area contributed by atoms with Gasteiger partial charge < -0.3 is 5.32 Å². The summed E-state index contributed by atoms with van der Waals surface area (Å²) in [5, 5.41) is 1.49. The maximum atomic E-state index is 12.6. The summed E-state index contributed by atoms with van der Waals surface area (Å²) in [7, 11) is -4.24. The molecule has 152 valence electrons. The van der Waals surface area contributed by atoms with Crippen LogP contribution in [0, 0.1) is 0 Å². The molecule has 1 aromatic heterocycles. The minimum Gasteiger partial charge on any atom is -0.343 e. The number of hydrogen-bond acceptors (Lipinski definition) is 5. The van der Waals surface area contributed by atoms with E-state index >= 15 is 0 Å². The van der Waals surface area contributed by atoms with Crippen molar-refractivity contribution in [2.75, 3.05) is 11.3 Å². The van der Waals surface area contributed by atoms with Gasteiger partial charge in [0.1, 0.15) is 6.54 Å². The van der Waals surface area contributed by atoms with Crippen LogP contribution in [-0.4, -0.2) is 37.0 Å². The molecule has 0 spiro atoms. The molecule has 0 aliphatic heterocycles. The number of alkyl halides is 3. The van der Waals surface area contributed by atoms with E-state index in [1.165, 1.54) is 18.2 Å². The number of para-hydroxylation sites is 2. The Balaban J connectivity index is 1.87. The van der Waals surface area contributed by atoms with Crippen LogP contribution in [0.5, 0.6) is 0 Å². The van der Waals surface area contributed by atoms with Gasteiger partial charge in [-0.15, -0.1) is 0 Å². The van der Waals surface area contributed by atoms with E-state index < -0.39 is 28.7 Å². The Labute approximate surface area is 168 Å². The molecule has 0 radical (unpaired) electrons. The van der Waals surface area contributed by atoms with Gasteiger partial charge in [0.25, 0.3) is 15.9 Å². The fourth-order valence-electron chi connectivity index (χ4n) is 2.32. The van der Waals surface area contributed by atoms with Gasteiger partial charge >= 0.3 is 6.18 Å². The maximum Gasteiger partial charge on any atom is 0.405 e. The average molecular weight is 445 g/mol. The fourth-order valence-corrected chi connectivity index (χ4v) is 3.61. The molecule has 0 unspecified atom stereocenters. The lowest BCUT2D eigenvalue weighted by atomic mass is 10.2. The maximum absolute atomic E-state index is 12.6. The normalized spacial score (nSPS) is 12.0. The summed E-state index contributed by atoms with van der Waals surface area (Å²) in [6.07, 6.45) is -4.59. The molecule has 0 saturated carbocycles. The zero-order chi connectivity index (χ0) is 21.2. The lowest BCUT2D eigenvalue weighted by Crippen LogP contribution is -2.33. The van der Waals surface area contributed by atoms with Crippen LogP contribution in [-0.2, 0) is 10.0 Å². The highest BCUT2D eigenvalue weighted by Crippen LogP contribution is 2.24. The first-order valence-electron chi connectivity index (χ1n) is 7.95. The molecule has 3 aromatic rings. The lowest BCUT2D eigenvalue weighted by molar-refractivity contribution is -0.123. The van der Waals surface area contributed by atoms with Crippen LogP contribution >= 0.6 is 11.6 Å². The lowest BCUT2D eigenvalue weighted by Gasteiger charge is -2.11. The van der Waals surface area contributed by atoms with E-state index in [-0.39, 0.29) is 21.4 Å². The summed E-state index contributed by atoms with van der Waals surface area (Å²) < 4.78 is 64.2. The first kappa shape index (κ1) is 20.8. The molecule has 1 heterocycles. The third-order valence-corrected chi connectivity index (χ3v) is 5.22. The standard InChI is InChI=1S/C17H12ClF3N4O3S/c18-14-15(24-13-7-2-1-6-12(13)23-14)25-29(27,28)11-5-3-4-10(8-11)16(26)22-9-17(19,20)21/h1-8H,9H2,(H,22,26)(H,24,25). The number of anilines is 1. The van der Waals surface area contributed by atoms with Crippen molar-refractivity contribution in [1.29, 1.82) is 0 Å². The Morgan fingerprint density at radius 2 is 1.69 bits per heavy atom. The number of aromatic nitrogens is 2. The minimum atomic E-state index is -4.59. The molecule has 0 fully saturated rings. The smallest absolute Gasteiger partial charge is 0.343 e. The molecule has 0 atom stereocenters. The van der Waals surface area contributed by atoms with Crippen molar-refractivity contribution >= 4 is 44.4 Å². The Kier molecular flexibility index (Phi) is 5.62. The number of benzene rings is 2. The fraction of sp³-hybridized carbons (Fsp3) is 0.118. The highest BCUT2D eigenvalue weighted by atomic mass is 35.5. The van der Waals surface area contributed by atoms with Gasteiger partial charge in [-0.25, -0.2) is 18.4 Å². The van der Waals surface area contributed by atoms with Crippen LogP contribution in [0.25, 0.3) is 11.0 Å². The summed E-state index contributed by atoms with van der Waals surface area (Å²) in [5.41, 5.74) is 0.603. The van der Waals surface area contributed by atoms with Crippen molar-refractivity contribution in [1.82, 2.24) is 15.3 Å². The molecule has 3 rings (SSSR count). The minimum absolute atomic E-state index is 0.189. The Hall–Kier alpha value is -2.92. The molecule has 0 bridgehead atoms. The van der Waals surface area contributed by atoms with Crippen molar-refractivity contribution in [3.05, 3.63) is 59.2 Å². The summed E-state index contributed by atoms with van der Waals surface area (Å²) >= 11 is 5.99. The second-order valence-corrected chi connectivity index (χ2v) is 7.82. The van der Waals surface area contributed by atoms with E-state index in [1.807, 2.05) is 0 Å². The van der Waals surface area contributed by atoms with Gasteiger partial charge in [-0.05, 0) is 30.3 Å². The van der Waals surface area contributed by atoms with Gasteiger partial charge in [-0.3, -0.25) is 9.52 Å². The van der Waals surface area contributed by atoms with E-state index in [9.17, 15) is 26.4 Å². The van der Waals surface area contributed by atoms with Gasteiger partial charge in [0.2, 0.25) is 0 Å². The van der Waals surface area contributed by atoms with Crippen LogP contribution in [0.15, 0.2) is 53.4 Å². The first-order chi connectivity index (χ1) is 13.5. The highest BCUT2D eigenvalue weighted by Gasteiger charge is 2.28. The zero-order valence-corrected chi connectivity index (χ0v) is 15.9.